The number of fused-ring (bicyclic) bond motifs is 1. The van der Waals surface area contributed by atoms with Gasteiger partial charge in [0.25, 0.3) is 0 Å². The van der Waals surface area contributed by atoms with Gasteiger partial charge in [0.05, 0.1) is 23.1 Å². The fourth-order valence-corrected chi connectivity index (χ4v) is 3.78. The van der Waals surface area contributed by atoms with Crippen LogP contribution in [0.2, 0.25) is 0 Å². The fourth-order valence-electron chi connectivity index (χ4n) is 2.55. The third-order valence-corrected chi connectivity index (χ3v) is 4.84. The fraction of sp³-hybridized carbons (Fsp3) is 0.118. The van der Waals surface area contributed by atoms with Gasteiger partial charge in [-0.2, -0.15) is 0 Å². The van der Waals surface area contributed by atoms with Gasteiger partial charge in [-0.25, -0.2) is 8.42 Å². The number of aryl methyl sites for hydroxylation is 1. The van der Waals surface area contributed by atoms with Gasteiger partial charge in [0.1, 0.15) is 0 Å². The topological polar surface area (TPSA) is 102 Å². The molecule has 0 spiro atoms. The van der Waals surface area contributed by atoms with Crippen molar-refractivity contribution in [2.24, 2.45) is 0 Å². The Labute approximate surface area is 139 Å². The van der Waals surface area contributed by atoms with Crippen LogP contribution in [0, 0.1) is 6.92 Å². The first kappa shape index (κ1) is 16.1. The summed E-state index contributed by atoms with van der Waals surface area (Å²) in [5.41, 5.74) is 1.74. The number of anilines is 1. The second kappa shape index (κ2) is 6.01. The van der Waals surface area contributed by atoms with Gasteiger partial charge >= 0.3 is 0 Å². The van der Waals surface area contributed by atoms with Crippen LogP contribution in [0.4, 0.5) is 5.69 Å². The number of aromatic carboxylic acids is 1. The number of benzene rings is 2. The van der Waals surface area contributed by atoms with Gasteiger partial charge in [-0.15, -0.1) is 0 Å². The molecule has 7 heteroatoms. The lowest BCUT2D eigenvalue weighted by Gasteiger charge is -2.10. The number of aromatic amines is 1. The standard InChI is InChI=1S/C17H16N2O4S/c1-11-7-8-14-13(9-11)15(16(18-14)17(20)21)19-24(22,23)10-12-5-3-2-4-6-12/h2-9,18-19H,10H2,1H3,(H,20,21)/p-1. The molecule has 0 unspecified atom stereocenters. The van der Waals surface area contributed by atoms with Crippen molar-refractivity contribution < 1.29 is 18.3 Å². The highest BCUT2D eigenvalue weighted by Crippen LogP contribution is 2.29. The molecule has 24 heavy (non-hydrogen) atoms. The molecule has 1 heterocycles. The maximum absolute atomic E-state index is 12.4. The summed E-state index contributed by atoms with van der Waals surface area (Å²) >= 11 is 0. The molecule has 0 atom stereocenters. The quantitative estimate of drug-likeness (QED) is 0.737. The van der Waals surface area contributed by atoms with Gasteiger partial charge in [0.15, 0.2) is 0 Å². The first-order valence-electron chi connectivity index (χ1n) is 7.24. The molecule has 0 saturated heterocycles. The lowest BCUT2D eigenvalue weighted by Crippen LogP contribution is -2.25. The molecule has 2 N–H and O–H groups in total. The summed E-state index contributed by atoms with van der Waals surface area (Å²) in [6, 6.07) is 13.9. The summed E-state index contributed by atoms with van der Waals surface area (Å²) in [6.45, 7) is 1.84. The lowest BCUT2D eigenvalue weighted by molar-refractivity contribution is -0.255. The van der Waals surface area contributed by atoms with E-state index in [9.17, 15) is 18.3 Å². The Morgan fingerprint density at radius 3 is 2.54 bits per heavy atom. The SMILES string of the molecule is Cc1ccc2[nH]c(C(=O)[O-])c(NS(=O)(=O)Cc3ccccc3)c2c1. The number of hydrogen-bond donors (Lipinski definition) is 2. The van der Waals surface area contributed by atoms with Crippen molar-refractivity contribution in [1.29, 1.82) is 0 Å². The van der Waals surface area contributed by atoms with Crippen LogP contribution in [0.5, 0.6) is 0 Å². The lowest BCUT2D eigenvalue weighted by atomic mass is 10.1. The Balaban J connectivity index is 2.03. The van der Waals surface area contributed by atoms with E-state index in [0.717, 1.165) is 5.56 Å². The Morgan fingerprint density at radius 1 is 1.17 bits per heavy atom. The minimum Gasteiger partial charge on any atom is -0.543 e. The predicted octanol–water partition coefficient (Wildman–Crippen LogP) is 1.78. The molecule has 3 rings (SSSR count). The molecule has 0 fully saturated rings. The second-order valence-electron chi connectivity index (χ2n) is 5.56. The average Bonchev–Trinajstić information content (AvgIpc) is 2.85. The van der Waals surface area contributed by atoms with Gasteiger partial charge in [-0.05, 0) is 24.6 Å². The van der Waals surface area contributed by atoms with Crippen LogP contribution in [-0.2, 0) is 15.8 Å². The first-order chi connectivity index (χ1) is 11.4. The number of carboxylic acid groups (broad SMARTS) is 1. The molecule has 2 aromatic carbocycles. The Bertz CT molecular complexity index is 1010. The predicted molar refractivity (Wildman–Crippen MR) is 90.1 cm³/mol. The number of carbonyl (C=O) groups excluding carboxylic acids is 1. The van der Waals surface area contributed by atoms with Crippen molar-refractivity contribution in [1.82, 2.24) is 4.98 Å². The molecule has 0 radical (unpaired) electrons. The first-order valence-corrected chi connectivity index (χ1v) is 8.89. The van der Waals surface area contributed by atoms with Crippen LogP contribution in [0.25, 0.3) is 10.9 Å². The van der Waals surface area contributed by atoms with Gasteiger partial charge in [0.2, 0.25) is 10.0 Å². The van der Waals surface area contributed by atoms with Crippen molar-refractivity contribution in [3.8, 4) is 0 Å². The van der Waals surface area contributed by atoms with Gasteiger partial charge in [0, 0.05) is 10.9 Å². The van der Waals surface area contributed by atoms with Gasteiger partial charge < -0.3 is 14.9 Å². The molecule has 0 aliphatic carbocycles. The number of aromatic nitrogens is 1. The van der Waals surface area contributed by atoms with E-state index in [0.29, 0.717) is 16.5 Å². The van der Waals surface area contributed by atoms with E-state index in [1.54, 1.807) is 48.5 Å². The van der Waals surface area contributed by atoms with E-state index >= 15 is 0 Å². The number of carbonyl (C=O) groups is 1. The molecule has 3 aromatic rings. The molecule has 124 valence electrons. The van der Waals surface area contributed by atoms with Crippen LogP contribution >= 0.6 is 0 Å². The van der Waals surface area contributed by atoms with Crippen LogP contribution < -0.4 is 9.83 Å². The van der Waals surface area contributed by atoms with Gasteiger partial charge in [-0.3, -0.25) is 4.72 Å². The molecule has 0 bridgehead atoms. The van der Waals surface area contributed by atoms with Gasteiger partial charge in [-0.1, -0.05) is 42.0 Å². The largest absolute Gasteiger partial charge is 0.543 e. The molecule has 1 aromatic heterocycles. The molecule has 0 aliphatic rings. The zero-order valence-electron chi connectivity index (χ0n) is 12.9. The number of sulfonamides is 1. The summed E-state index contributed by atoms with van der Waals surface area (Å²) in [5, 5.41) is 11.8. The smallest absolute Gasteiger partial charge is 0.237 e. The molecule has 6 nitrogen and oxygen atoms in total. The van der Waals surface area contributed by atoms with E-state index in [-0.39, 0.29) is 17.1 Å². The van der Waals surface area contributed by atoms with Crippen molar-refractivity contribution in [3.05, 3.63) is 65.4 Å². The number of hydrogen-bond acceptors (Lipinski definition) is 4. The summed E-state index contributed by atoms with van der Waals surface area (Å²) in [4.78, 5) is 14.0. The normalized spacial score (nSPS) is 11.5. The Morgan fingerprint density at radius 2 is 1.88 bits per heavy atom. The van der Waals surface area contributed by atoms with Crippen molar-refractivity contribution in [3.63, 3.8) is 0 Å². The van der Waals surface area contributed by atoms with E-state index < -0.39 is 16.0 Å². The minimum absolute atomic E-state index is 0.00429. The average molecular weight is 343 g/mol. The van der Waals surface area contributed by atoms with Crippen LogP contribution in [0.15, 0.2) is 48.5 Å². The number of nitrogens with one attached hydrogen (secondary N) is 2. The molecule has 0 amide bonds. The number of carboxylic acids is 1. The zero-order valence-corrected chi connectivity index (χ0v) is 13.7. The summed E-state index contributed by atoms with van der Waals surface area (Å²) < 4.78 is 27.3. The van der Waals surface area contributed by atoms with E-state index in [1.165, 1.54) is 0 Å². The maximum atomic E-state index is 12.4. The van der Waals surface area contributed by atoms with Crippen molar-refractivity contribution in [2.45, 2.75) is 12.7 Å². The monoisotopic (exact) mass is 343 g/mol. The number of rotatable bonds is 5. The van der Waals surface area contributed by atoms with Crippen LogP contribution in [-0.4, -0.2) is 19.4 Å². The number of H-pyrrole nitrogens is 1. The van der Waals surface area contributed by atoms with Crippen molar-refractivity contribution in [2.75, 3.05) is 4.72 Å². The summed E-state index contributed by atoms with van der Waals surface area (Å²) in [6.07, 6.45) is 0. The maximum Gasteiger partial charge on any atom is 0.237 e. The van der Waals surface area contributed by atoms with Crippen LogP contribution in [0.3, 0.4) is 0 Å². The van der Waals surface area contributed by atoms with E-state index in [1.807, 2.05) is 6.92 Å². The van der Waals surface area contributed by atoms with Crippen LogP contribution in [0.1, 0.15) is 21.6 Å². The third-order valence-electron chi connectivity index (χ3n) is 3.62. The molecule has 0 saturated carbocycles. The third kappa shape index (κ3) is 3.26. The summed E-state index contributed by atoms with van der Waals surface area (Å²) in [5.74, 6) is -1.72. The Hall–Kier alpha value is -2.80. The molecular formula is C17H15N2O4S-. The highest BCUT2D eigenvalue weighted by Gasteiger charge is 2.19. The highest BCUT2D eigenvalue weighted by molar-refractivity contribution is 7.92. The van der Waals surface area contributed by atoms with E-state index in [2.05, 4.69) is 9.71 Å². The second-order valence-corrected chi connectivity index (χ2v) is 7.28. The Kier molecular flexibility index (Phi) is 4.02. The minimum atomic E-state index is -3.78. The van der Waals surface area contributed by atoms with Crippen molar-refractivity contribution >= 4 is 32.6 Å². The molecular weight excluding hydrogens is 328 g/mol. The van der Waals surface area contributed by atoms with E-state index in [4.69, 9.17) is 0 Å². The zero-order chi connectivity index (χ0) is 17.3. The molecule has 0 aliphatic heterocycles. The highest BCUT2D eigenvalue weighted by atomic mass is 32.2. The summed E-state index contributed by atoms with van der Waals surface area (Å²) in [7, 11) is -3.78.